The molecule has 0 saturated carbocycles. The molecule has 0 unspecified atom stereocenters. The summed E-state index contributed by atoms with van der Waals surface area (Å²) in [6, 6.07) is 0. The fourth-order valence-electron chi connectivity index (χ4n) is 1.98. The first-order chi connectivity index (χ1) is 8.41. The lowest BCUT2D eigenvalue weighted by Gasteiger charge is -2.00. The van der Waals surface area contributed by atoms with Gasteiger partial charge in [0.05, 0.1) is 0 Å². The van der Waals surface area contributed by atoms with Crippen molar-refractivity contribution in [2.75, 3.05) is 6.54 Å². The third-order valence-corrected chi connectivity index (χ3v) is 3.21. The Balaban J connectivity index is 2.96. The Hall–Kier alpha value is -0.330. The molecule has 102 valence electrons. The van der Waals surface area contributed by atoms with Gasteiger partial charge in [0, 0.05) is 6.54 Å². The van der Waals surface area contributed by atoms with Crippen LogP contribution < -0.4 is 0 Å². The summed E-state index contributed by atoms with van der Waals surface area (Å²) in [5.74, 6) is 0. The highest BCUT2D eigenvalue weighted by Crippen LogP contribution is 2.09. The maximum atomic E-state index is 4.40. The molecule has 0 spiro atoms. The molecule has 0 heterocycles. The second-order valence-electron chi connectivity index (χ2n) is 5.06. The quantitative estimate of drug-likeness (QED) is 0.285. The summed E-state index contributed by atoms with van der Waals surface area (Å²) in [4.78, 5) is 4.40. The summed E-state index contributed by atoms with van der Waals surface area (Å²) < 4.78 is 0. The summed E-state index contributed by atoms with van der Waals surface area (Å²) in [6.45, 7) is 5.53. The van der Waals surface area contributed by atoms with E-state index in [-0.39, 0.29) is 0 Å². The molecular formula is C16H33N. The molecule has 0 rings (SSSR count). The van der Waals surface area contributed by atoms with E-state index in [0.717, 1.165) is 6.54 Å². The lowest BCUT2D eigenvalue weighted by atomic mass is 10.1. The number of hydrogen-bond donors (Lipinski definition) is 0. The minimum Gasteiger partial charge on any atom is -0.298 e. The minimum atomic E-state index is 1.04. The monoisotopic (exact) mass is 239 g/mol. The second kappa shape index (κ2) is 15.7. The molecule has 0 fully saturated rings. The average molecular weight is 239 g/mol. The van der Waals surface area contributed by atoms with Gasteiger partial charge in [-0.15, -0.1) is 0 Å². The zero-order chi connectivity index (χ0) is 12.6. The van der Waals surface area contributed by atoms with Gasteiger partial charge in [0.2, 0.25) is 0 Å². The Labute approximate surface area is 109 Å². The van der Waals surface area contributed by atoms with Crippen LogP contribution in [0, 0.1) is 0 Å². The first-order valence-corrected chi connectivity index (χ1v) is 7.90. The van der Waals surface area contributed by atoms with Crippen LogP contribution in [0.1, 0.15) is 90.9 Å². The van der Waals surface area contributed by atoms with E-state index in [2.05, 4.69) is 25.1 Å². The molecule has 0 atom stereocenters. The molecule has 0 aromatic rings. The molecule has 0 aromatic heterocycles. The fourth-order valence-corrected chi connectivity index (χ4v) is 1.98. The first-order valence-electron chi connectivity index (χ1n) is 7.90. The van der Waals surface area contributed by atoms with Crippen molar-refractivity contribution in [2.45, 2.75) is 90.9 Å². The highest BCUT2D eigenvalue weighted by atomic mass is 14.7. The van der Waals surface area contributed by atoms with Gasteiger partial charge < -0.3 is 0 Å². The molecule has 0 N–H and O–H groups in total. The number of rotatable bonds is 13. The van der Waals surface area contributed by atoms with Gasteiger partial charge in [-0.25, -0.2) is 0 Å². The maximum absolute atomic E-state index is 4.40. The van der Waals surface area contributed by atoms with Crippen molar-refractivity contribution in [3.05, 3.63) is 0 Å². The summed E-state index contributed by atoms with van der Waals surface area (Å²) >= 11 is 0. The smallest absolute Gasteiger partial charge is 0.0385 e. The second-order valence-corrected chi connectivity index (χ2v) is 5.06. The van der Waals surface area contributed by atoms with Crippen LogP contribution in [0.3, 0.4) is 0 Å². The van der Waals surface area contributed by atoms with Gasteiger partial charge >= 0.3 is 0 Å². The highest BCUT2D eigenvalue weighted by molar-refractivity contribution is 5.56. The van der Waals surface area contributed by atoms with Crippen molar-refractivity contribution in [3.8, 4) is 0 Å². The number of aliphatic imine (C=N–C) groups is 1. The van der Waals surface area contributed by atoms with Crippen LogP contribution in [0.5, 0.6) is 0 Å². The van der Waals surface area contributed by atoms with E-state index in [1.165, 1.54) is 77.0 Å². The molecule has 0 aliphatic carbocycles. The molecule has 0 saturated heterocycles. The lowest BCUT2D eigenvalue weighted by Crippen LogP contribution is -1.84. The number of hydrogen-bond acceptors (Lipinski definition) is 1. The molecule has 0 aromatic carbocycles. The summed E-state index contributed by atoms with van der Waals surface area (Å²) in [5.41, 5.74) is 0. The van der Waals surface area contributed by atoms with Gasteiger partial charge in [0.15, 0.2) is 0 Å². The molecule has 0 bridgehead atoms. The van der Waals surface area contributed by atoms with Gasteiger partial charge in [-0.05, 0) is 25.5 Å². The van der Waals surface area contributed by atoms with E-state index in [0.29, 0.717) is 0 Å². The van der Waals surface area contributed by atoms with E-state index in [4.69, 9.17) is 0 Å². The van der Waals surface area contributed by atoms with E-state index >= 15 is 0 Å². The van der Waals surface area contributed by atoms with Crippen LogP contribution in [0.2, 0.25) is 0 Å². The van der Waals surface area contributed by atoms with Gasteiger partial charge in [-0.3, -0.25) is 4.99 Å². The van der Waals surface area contributed by atoms with Crippen molar-refractivity contribution in [3.63, 3.8) is 0 Å². The Kier molecular flexibility index (Phi) is 15.4. The van der Waals surface area contributed by atoms with Crippen molar-refractivity contribution in [2.24, 2.45) is 4.99 Å². The van der Waals surface area contributed by atoms with E-state index in [9.17, 15) is 0 Å². The molecular weight excluding hydrogens is 206 g/mol. The zero-order valence-electron chi connectivity index (χ0n) is 12.2. The van der Waals surface area contributed by atoms with Crippen molar-refractivity contribution < 1.29 is 0 Å². The van der Waals surface area contributed by atoms with E-state index in [1.807, 2.05) is 0 Å². The van der Waals surface area contributed by atoms with Crippen LogP contribution in [-0.4, -0.2) is 12.8 Å². The minimum absolute atomic E-state index is 1.04. The zero-order valence-corrected chi connectivity index (χ0v) is 12.2. The van der Waals surface area contributed by atoms with E-state index < -0.39 is 0 Å². The van der Waals surface area contributed by atoms with Gasteiger partial charge in [-0.1, -0.05) is 71.6 Å². The van der Waals surface area contributed by atoms with Crippen LogP contribution in [0.4, 0.5) is 0 Å². The SMILES string of the molecule is CCCCCCCCCCCC=NCCCC. The predicted octanol–water partition coefficient (Wildman–Crippen LogP) is 5.78. The Morgan fingerprint density at radius 1 is 0.647 bits per heavy atom. The third-order valence-electron chi connectivity index (χ3n) is 3.21. The Morgan fingerprint density at radius 3 is 1.76 bits per heavy atom. The highest BCUT2D eigenvalue weighted by Gasteiger charge is 1.91. The van der Waals surface area contributed by atoms with Crippen molar-refractivity contribution in [1.82, 2.24) is 0 Å². The van der Waals surface area contributed by atoms with Gasteiger partial charge in [0.25, 0.3) is 0 Å². The first kappa shape index (κ1) is 16.7. The molecule has 17 heavy (non-hydrogen) atoms. The Bertz CT molecular complexity index is 152. The topological polar surface area (TPSA) is 12.4 Å². The van der Waals surface area contributed by atoms with Crippen LogP contribution in [0.15, 0.2) is 4.99 Å². The lowest BCUT2D eigenvalue weighted by molar-refractivity contribution is 0.569. The summed E-state index contributed by atoms with van der Waals surface area (Å²) in [5, 5.41) is 0. The fraction of sp³-hybridized carbons (Fsp3) is 0.938. The normalized spacial score (nSPS) is 11.4. The van der Waals surface area contributed by atoms with Crippen molar-refractivity contribution >= 4 is 6.21 Å². The molecule has 0 amide bonds. The maximum Gasteiger partial charge on any atom is 0.0385 e. The molecule has 0 radical (unpaired) electrons. The Morgan fingerprint density at radius 2 is 1.18 bits per heavy atom. The van der Waals surface area contributed by atoms with Crippen LogP contribution in [0.25, 0.3) is 0 Å². The van der Waals surface area contributed by atoms with Gasteiger partial charge in [0.1, 0.15) is 0 Å². The molecule has 1 heteroatoms. The largest absolute Gasteiger partial charge is 0.298 e. The van der Waals surface area contributed by atoms with Crippen LogP contribution >= 0.6 is 0 Å². The molecule has 1 nitrogen and oxygen atoms in total. The average Bonchev–Trinajstić information content (AvgIpc) is 2.35. The molecule has 0 aliphatic heterocycles. The summed E-state index contributed by atoms with van der Waals surface area (Å²) in [6.07, 6.45) is 18.6. The number of nitrogens with zero attached hydrogens (tertiary/aromatic N) is 1. The van der Waals surface area contributed by atoms with Crippen LogP contribution in [-0.2, 0) is 0 Å². The standard InChI is InChI=1S/C16H33N/c1-3-5-7-8-9-10-11-12-13-14-16-17-15-6-4-2/h16H,3-15H2,1-2H3. The molecule has 0 aliphatic rings. The number of unbranched alkanes of at least 4 members (excludes halogenated alkanes) is 10. The van der Waals surface area contributed by atoms with Gasteiger partial charge in [-0.2, -0.15) is 0 Å². The van der Waals surface area contributed by atoms with Crippen molar-refractivity contribution in [1.29, 1.82) is 0 Å². The van der Waals surface area contributed by atoms with E-state index in [1.54, 1.807) is 0 Å². The third kappa shape index (κ3) is 15.7. The summed E-state index contributed by atoms with van der Waals surface area (Å²) in [7, 11) is 0. The predicted molar refractivity (Wildman–Crippen MR) is 80.1 cm³/mol.